The normalized spacial score (nSPS) is 24.6. The largest absolute Gasteiger partial charge is 0.462 e. The summed E-state index contributed by atoms with van der Waals surface area (Å²) in [6.07, 6.45) is 2.73. The molecular formula is C16H21FN2O4S. The van der Waals surface area contributed by atoms with Crippen LogP contribution >= 0.6 is 0 Å². The Morgan fingerprint density at radius 1 is 1.29 bits per heavy atom. The first-order chi connectivity index (χ1) is 11.4. The number of carbonyl (C=O) groups is 1. The Balaban J connectivity index is 1.90. The zero-order valence-corrected chi connectivity index (χ0v) is 14.3. The fourth-order valence-electron chi connectivity index (χ4n) is 3.32. The van der Waals surface area contributed by atoms with E-state index in [2.05, 4.69) is 5.32 Å². The Hall–Kier alpha value is -1.51. The van der Waals surface area contributed by atoms with E-state index in [4.69, 9.17) is 4.74 Å². The van der Waals surface area contributed by atoms with Gasteiger partial charge in [0.05, 0.1) is 17.1 Å². The molecule has 3 rings (SSSR count). The molecule has 132 valence electrons. The first kappa shape index (κ1) is 17.3. The second-order valence-electron chi connectivity index (χ2n) is 6.19. The number of hydrogen-bond acceptors (Lipinski definition) is 5. The molecular weight excluding hydrogens is 335 g/mol. The van der Waals surface area contributed by atoms with E-state index in [1.165, 1.54) is 10.4 Å². The van der Waals surface area contributed by atoms with Crippen LogP contribution in [0.15, 0.2) is 23.1 Å². The van der Waals surface area contributed by atoms with Crippen LogP contribution in [0.5, 0.6) is 0 Å². The maximum Gasteiger partial charge on any atom is 0.338 e. The fourth-order valence-corrected chi connectivity index (χ4v) is 4.88. The molecule has 1 aromatic rings. The number of sulfonamides is 1. The Morgan fingerprint density at radius 2 is 2.04 bits per heavy atom. The molecule has 1 N–H and O–H groups in total. The molecule has 2 aliphatic heterocycles. The Labute approximate surface area is 141 Å². The fraction of sp³-hybridized carbons (Fsp3) is 0.562. The maximum atomic E-state index is 13.9. The molecule has 2 heterocycles. The van der Waals surface area contributed by atoms with Crippen LogP contribution < -0.4 is 5.32 Å². The highest BCUT2D eigenvalue weighted by molar-refractivity contribution is 7.89. The van der Waals surface area contributed by atoms with Gasteiger partial charge in [-0.15, -0.1) is 0 Å². The number of fused-ring (bicyclic) bond motifs is 2. The summed E-state index contributed by atoms with van der Waals surface area (Å²) in [4.78, 5) is 11.6. The summed E-state index contributed by atoms with van der Waals surface area (Å²) in [6.45, 7) is 2.53. The molecule has 1 aromatic carbocycles. The number of ether oxygens (including phenoxy) is 1. The van der Waals surface area contributed by atoms with Gasteiger partial charge in [-0.1, -0.05) is 0 Å². The monoisotopic (exact) mass is 356 g/mol. The van der Waals surface area contributed by atoms with E-state index >= 15 is 0 Å². The van der Waals surface area contributed by atoms with Gasteiger partial charge < -0.3 is 10.1 Å². The topological polar surface area (TPSA) is 75.7 Å². The highest BCUT2D eigenvalue weighted by atomic mass is 32.2. The number of carbonyl (C=O) groups excluding carboxylic acids is 1. The van der Waals surface area contributed by atoms with Crippen molar-refractivity contribution in [2.75, 3.05) is 19.7 Å². The predicted octanol–water partition coefficient (Wildman–Crippen LogP) is 1.52. The molecule has 0 spiro atoms. The summed E-state index contributed by atoms with van der Waals surface area (Å²) >= 11 is 0. The third-order valence-electron chi connectivity index (χ3n) is 4.51. The third-order valence-corrected chi connectivity index (χ3v) is 6.35. The van der Waals surface area contributed by atoms with Crippen molar-refractivity contribution in [3.8, 4) is 0 Å². The van der Waals surface area contributed by atoms with Gasteiger partial charge in [-0.3, -0.25) is 0 Å². The average molecular weight is 356 g/mol. The zero-order valence-electron chi connectivity index (χ0n) is 13.5. The summed E-state index contributed by atoms with van der Waals surface area (Å²) in [5.41, 5.74) is -0.0927. The number of esters is 1. The van der Waals surface area contributed by atoms with Crippen molar-refractivity contribution in [1.82, 2.24) is 9.62 Å². The Bertz CT molecular complexity index is 738. The first-order valence-corrected chi connectivity index (χ1v) is 9.58. The van der Waals surface area contributed by atoms with Crippen LogP contribution in [0.2, 0.25) is 0 Å². The van der Waals surface area contributed by atoms with Crippen LogP contribution in [0.4, 0.5) is 4.39 Å². The molecule has 2 unspecified atom stereocenters. The van der Waals surface area contributed by atoms with Gasteiger partial charge in [-0.2, -0.15) is 4.31 Å². The molecule has 0 aliphatic carbocycles. The number of nitrogens with zero attached hydrogens (tertiary/aromatic N) is 1. The number of halogens is 1. The highest BCUT2D eigenvalue weighted by Gasteiger charge is 2.35. The van der Waals surface area contributed by atoms with E-state index in [9.17, 15) is 17.6 Å². The van der Waals surface area contributed by atoms with Gasteiger partial charge in [0.25, 0.3) is 0 Å². The van der Waals surface area contributed by atoms with Crippen LogP contribution in [0.1, 0.15) is 36.5 Å². The molecule has 2 aliphatic rings. The predicted molar refractivity (Wildman–Crippen MR) is 85.7 cm³/mol. The Kier molecular flexibility index (Phi) is 4.89. The molecule has 8 heteroatoms. The van der Waals surface area contributed by atoms with Gasteiger partial charge in [0.15, 0.2) is 0 Å². The van der Waals surface area contributed by atoms with Crippen molar-refractivity contribution < 1.29 is 22.3 Å². The van der Waals surface area contributed by atoms with Crippen LogP contribution in [0, 0.1) is 5.82 Å². The summed E-state index contributed by atoms with van der Waals surface area (Å²) in [5, 5.41) is 3.41. The molecule has 0 aromatic heterocycles. The molecule has 24 heavy (non-hydrogen) atoms. The maximum absolute atomic E-state index is 13.9. The van der Waals surface area contributed by atoms with Crippen LogP contribution in [-0.4, -0.2) is 50.5 Å². The highest BCUT2D eigenvalue weighted by Crippen LogP contribution is 2.26. The lowest BCUT2D eigenvalue weighted by atomic mass is 10.1. The number of nitrogens with one attached hydrogen (secondary N) is 1. The van der Waals surface area contributed by atoms with Crippen LogP contribution in [0.25, 0.3) is 0 Å². The van der Waals surface area contributed by atoms with Crippen molar-refractivity contribution in [2.24, 2.45) is 0 Å². The van der Waals surface area contributed by atoms with Crippen molar-refractivity contribution >= 4 is 16.0 Å². The van der Waals surface area contributed by atoms with Gasteiger partial charge >= 0.3 is 5.97 Å². The van der Waals surface area contributed by atoms with E-state index in [0.29, 0.717) is 19.1 Å². The van der Waals surface area contributed by atoms with Crippen LogP contribution in [-0.2, 0) is 14.8 Å². The van der Waals surface area contributed by atoms with Gasteiger partial charge in [0, 0.05) is 25.2 Å². The minimum absolute atomic E-state index is 0.0927. The number of benzene rings is 1. The lowest BCUT2D eigenvalue weighted by Gasteiger charge is -2.23. The summed E-state index contributed by atoms with van der Waals surface area (Å²) < 4.78 is 45.8. The van der Waals surface area contributed by atoms with Crippen molar-refractivity contribution in [3.05, 3.63) is 29.6 Å². The zero-order chi connectivity index (χ0) is 17.3. The second kappa shape index (κ2) is 6.78. The van der Waals surface area contributed by atoms with Crippen molar-refractivity contribution in [3.63, 3.8) is 0 Å². The van der Waals surface area contributed by atoms with Crippen molar-refractivity contribution in [1.29, 1.82) is 0 Å². The lowest BCUT2D eigenvalue weighted by molar-refractivity contribution is 0.0525. The standard InChI is InChI=1S/C16H21FN2O4S/c1-2-23-16(20)11-7-12(17)9-15(8-11)24(21,22)19-6-5-13-3-4-14(10-19)18-13/h7-9,13-14,18H,2-6,10H2,1H3. The number of hydrogen-bond donors (Lipinski definition) is 1. The first-order valence-electron chi connectivity index (χ1n) is 8.14. The molecule has 0 amide bonds. The van der Waals surface area contributed by atoms with Gasteiger partial charge in [0.2, 0.25) is 10.0 Å². The molecule has 6 nitrogen and oxygen atoms in total. The van der Waals surface area contributed by atoms with E-state index in [0.717, 1.165) is 31.4 Å². The minimum Gasteiger partial charge on any atom is -0.462 e. The van der Waals surface area contributed by atoms with E-state index in [1.54, 1.807) is 6.92 Å². The van der Waals surface area contributed by atoms with Gasteiger partial charge in [-0.25, -0.2) is 17.6 Å². The number of rotatable bonds is 4. The van der Waals surface area contributed by atoms with E-state index < -0.39 is 21.8 Å². The SMILES string of the molecule is CCOC(=O)c1cc(F)cc(S(=O)(=O)N2CCC3CCC(C2)N3)c1. The van der Waals surface area contributed by atoms with E-state index in [1.807, 2.05) is 0 Å². The van der Waals surface area contributed by atoms with E-state index in [-0.39, 0.29) is 23.1 Å². The third kappa shape index (κ3) is 3.45. The quantitative estimate of drug-likeness (QED) is 0.828. The summed E-state index contributed by atoms with van der Waals surface area (Å²) in [5.74, 6) is -1.50. The van der Waals surface area contributed by atoms with Gasteiger partial charge in [0.1, 0.15) is 5.82 Å². The van der Waals surface area contributed by atoms with Crippen molar-refractivity contribution in [2.45, 2.75) is 43.2 Å². The van der Waals surface area contributed by atoms with Crippen LogP contribution in [0.3, 0.4) is 0 Å². The molecule has 2 bridgehead atoms. The molecule has 2 saturated heterocycles. The molecule has 2 fully saturated rings. The molecule has 0 radical (unpaired) electrons. The minimum atomic E-state index is -3.86. The second-order valence-corrected chi connectivity index (χ2v) is 8.12. The summed E-state index contributed by atoms with van der Waals surface area (Å²) in [6, 6.07) is 3.60. The Morgan fingerprint density at radius 3 is 2.79 bits per heavy atom. The van der Waals surface area contributed by atoms with Gasteiger partial charge in [-0.05, 0) is 44.4 Å². The average Bonchev–Trinajstić information content (AvgIpc) is 2.85. The summed E-state index contributed by atoms with van der Waals surface area (Å²) in [7, 11) is -3.86. The molecule has 2 atom stereocenters. The smallest absolute Gasteiger partial charge is 0.338 e. The molecule has 0 saturated carbocycles. The lowest BCUT2D eigenvalue weighted by Crippen LogP contribution is -2.39.